The SMILES string of the molecule is N#C/C(=C/c1cc(Cl)c(O)c(Cl)c1)C(=O)N1CCOCC1. The fourth-order valence-electron chi connectivity index (χ4n) is 1.91. The number of halogens is 2. The van der Waals surface area contributed by atoms with Gasteiger partial charge in [0.25, 0.3) is 5.91 Å². The molecule has 2 rings (SSSR count). The van der Waals surface area contributed by atoms with E-state index in [2.05, 4.69) is 0 Å². The normalized spacial score (nSPS) is 15.7. The summed E-state index contributed by atoms with van der Waals surface area (Å²) >= 11 is 11.6. The Morgan fingerprint density at radius 2 is 1.90 bits per heavy atom. The molecule has 1 amide bonds. The number of phenols is 1. The molecule has 1 N–H and O–H groups in total. The van der Waals surface area contributed by atoms with E-state index in [1.54, 1.807) is 4.90 Å². The molecule has 1 aliphatic heterocycles. The van der Waals surface area contributed by atoms with Gasteiger partial charge in [0.2, 0.25) is 0 Å². The molecule has 1 fully saturated rings. The second kappa shape index (κ2) is 6.81. The molecule has 1 aromatic carbocycles. The smallest absolute Gasteiger partial charge is 0.264 e. The fourth-order valence-corrected chi connectivity index (χ4v) is 2.42. The highest BCUT2D eigenvalue weighted by atomic mass is 35.5. The largest absolute Gasteiger partial charge is 0.505 e. The number of carbonyl (C=O) groups is 1. The predicted octanol–water partition coefficient (Wildman–Crippen LogP) is 2.46. The van der Waals surface area contributed by atoms with Crippen molar-refractivity contribution < 1.29 is 14.6 Å². The first-order chi connectivity index (χ1) is 10.0. The van der Waals surface area contributed by atoms with Gasteiger partial charge in [-0.1, -0.05) is 23.2 Å². The number of ether oxygens (including phenoxy) is 1. The highest BCUT2D eigenvalue weighted by Gasteiger charge is 2.20. The van der Waals surface area contributed by atoms with Crippen molar-refractivity contribution in [1.29, 1.82) is 5.26 Å². The molecule has 5 nitrogen and oxygen atoms in total. The van der Waals surface area contributed by atoms with Crippen LogP contribution in [0.3, 0.4) is 0 Å². The first kappa shape index (κ1) is 15.6. The number of carbonyl (C=O) groups excluding carboxylic acids is 1. The lowest BCUT2D eigenvalue weighted by Gasteiger charge is -2.26. The molecule has 0 unspecified atom stereocenters. The van der Waals surface area contributed by atoms with Crippen LogP contribution in [-0.4, -0.2) is 42.2 Å². The summed E-state index contributed by atoms with van der Waals surface area (Å²) in [4.78, 5) is 13.8. The van der Waals surface area contributed by atoms with Crippen molar-refractivity contribution in [2.24, 2.45) is 0 Å². The van der Waals surface area contributed by atoms with Gasteiger partial charge in [-0.2, -0.15) is 5.26 Å². The number of aromatic hydroxyl groups is 1. The van der Waals surface area contributed by atoms with Gasteiger partial charge in [-0.15, -0.1) is 0 Å². The summed E-state index contributed by atoms with van der Waals surface area (Å²) in [7, 11) is 0. The first-order valence-electron chi connectivity index (χ1n) is 6.19. The molecule has 7 heteroatoms. The third-order valence-electron chi connectivity index (χ3n) is 3.00. The summed E-state index contributed by atoms with van der Waals surface area (Å²) in [5.74, 6) is -0.588. The van der Waals surface area contributed by atoms with E-state index in [9.17, 15) is 9.90 Å². The summed E-state index contributed by atoms with van der Waals surface area (Å²) in [6.07, 6.45) is 1.40. The molecular weight excluding hydrogens is 315 g/mol. The predicted molar refractivity (Wildman–Crippen MR) is 79.1 cm³/mol. The second-order valence-electron chi connectivity index (χ2n) is 4.41. The van der Waals surface area contributed by atoms with Crippen LogP contribution in [0.25, 0.3) is 6.08 Å². The van der Waals surface area contributed by atoms with E-state index in [-0.39, 0.29) is 27.3 Å². The number of hydrogen-bond acceptors (Lipinski definition) is 4. The Hall–Kier alpha value is -1.74. The van der Waals surface area contributed by atoms with Gasteiger partial charge in [-0.05, 0) is 23.8 Å². The molecular formula is C14H12Cl2N2O3. The second-order valence-corrected chi connectivity index (χ2v) is 5.22. The molecule has 0 radical (unpaired) electrons. The van der Waals surface area contributed by atoms with Gasteiger partial charge in [0.15, 0.2) is 5.75 Å². The van der Waals surface area contributed by atoms with Crippen molar-refractivity contribution in [3.63, 3.8) is 0 Å². The van der Waals surface area contributed by atoms with Crippen molar-refractivity contribution in [1.82, 2.24) is 4.90 Å². The molecule has 21 heavy (non-hydrogen) atoms. The van der Waals surface area contributed by atoms with Gasteiger partial charge in [0.1, 0.15) is 11.6 Å². The molecule has 0 spiro atoms. The van der Waals surface area contributed by atoms with E-state index in [1.807, 2.05) is 6.07 Å². The summed E-state index contributed by atoms with van der Waals surface area (Å²) in [6, 6.07) is 4.76. The summed E-state index contributed by atoms with van der Waals surface area (Å²) in [5.41, 5.74) is 0.454. The minimum Gasteiger partial charge on any atom is -0.505 e. The van der Waals surface area contributed by atoms with Crippen LogP contribution in [0.2, 0.25) is 10.0 Å². The first-order valence-corrected chi connectivity index (χ1v) is 6.95. The zero-order valence-corrected chi connectivity index (χ0v) is 12.5. The fraction of sp³-hybridized carbons (Fsp3) is 0.286. The van der Waals surface area contributed by atoms with Crippen LogP contribution in [0.1, 0.15) is 5.56 Å². The Labute approximate surface area is 131 Å². The minimum absolute atomic E-state index is 0.0188. The Morgan fingerprint density at radius 3 is 2.43 bits per heavy atom. The van der Waals surface area contributed by atoms with Crippen LogP contribution in [0.4, 0.5) is 0 Å². The van der Waals surface area contributed by atoms with Crippen molar-refractivity contribution in [3.8, 4) is 11.8 Å². The van der Waals surface area contributed by atoms with E-state index >= 15 is 0 Å². The Morgan fingerprint density at radius 1 is 1.33 bits per heavy atom. The molecule has 0 aliphatic carbocycles. The third-order valence-corrected chi connectivity index (χ3v) is 3.58. The summed E-state index contributed by atoms with van der Waals surface area (Å²) in [5, 5.41) is 18.8. The molecule has 1 aromatic rings. The summed E-state index contributed by atoms with van der Waals surface area (Å²) < 4.78 is 5.17. The number of morpholine rings is 1. The van der Waals surface area contributed by atoms with Crippen LogP contribution in [-0.2, 0) is 9.53 Å². The lowest BCUT2D eigenvalue weighted by molar-refractivity contribution is -0.130. The zero-order valence-electron chi connectivity index (χ0n) is 11.0. The van der Waals surface area contributed by atoms with Gasteiger partial charge in [-0.3, -0.25) is 4.79 Å². The third kappa shape index (κ3) is 3.67. The van der Waals surface area contributed by atoms with E-state index in [4.69, 9.17) is 33.2 Å². The number of nitriles is 1. The van der Waals surface area contributed by atoms with Gasteiger partial charge in [0.05, 0.1) is 23.3 Å². The van der Waals surface area contributed by atoms with Crippen LogP contribution in [0, 0.1) is 11.3 Å². The number of nitrogens with zero attached hydrogens (tertiary/aromatic N) is 2. The number of amides is 1. The van der Waals surface area contributed by atoms with Crippen molar-refractivity contribution in [3.05, 3.63) is 33.3 Å². The van der Waals surface area contributed by atoms with Crippen molar-refractivity contribution in [2.45, 2.75) is 0 Å². The maximum absolute atomic E-state index is 12.2. The highest BCUT2D eigenvalue weighted by molar-refractivity contribution is 6.37. The Bertz CT molecular complexity index is 609. The van der Waals surface area contributed by atoms with E-state index < -0.39 is 0 Å². The number of hydrogen-bond donors (Lipinski definition) is 1. The van der Waals surface area contributed by atoms with Crippen LogP contribution in [0.5, 0.6) is 5.75 Å². The number of phenolic OH excluding ortho intramolecular Hbond substituents is 1. The molecule has 1 saturated heterocycles. The van der Waals surface area contributed by atoms with E-state index in [1.165, 1.54) is 18.2 Å². The van der Waals surface area contributed by atoms with Crippen molar-refractivity contribution in [2.75, 3.05) is 26.3 Å². The lowest BCUT2D eigenvalue weighted by Crippen LogP contribution is -2.41. The standard InChI is InChI=1S/C14H12Cl2N2O3/c15-11-6-9(7-12(16)13(11)19)5-10(8-17)14(20)18-1-3-21-4-2-18/h5-7,19H,1-4H2/b10-5-. The van der Waals surface area contributed by atoms with E-state index in [0.717, 1.165) is 0 Å². The molecule has 0 bridgehead atoms. The minimum atomic E-state index is -0.360. The lowest BCUT2D eigenvalue weighted by atomic mass is 10.1. The van der Waals surface area contributed by atoms with Gasteiger partial charge < -0.3 is 14.7 Å². The number of rotatable bonds is 2. The van der Waals surface area contributed by atoms with Crippen LogP contribution >= 0.6 is 23.2 Å². The maximum atomic E-state index is 12.2. The average Bonchev–Trinajstić information content (AvgIpc) is 2.50. The topological polar surface area (TPSA) is 73.6 Å². The average molecular weight is 327 g/mol. The zero-order chi connectivity index (χ0) is 15.4. The molecule has 0 saturated carbocycles. The van der Waals surface area contributed by atoms with Crippen molar-refractivity contribution >= 4 is 35.2 Å². The van der Waals surface area contributed by atoms with Crippen LogP contribution in [0.15, 0.2) is 17.7 Å². The highest BCUT2D eigenvalue weighted by Crippen LogP contribution is 2.33. The van der Waals surface area contributed by atoms with Gasteiger partial charge >= 0.3 is 0 Å². The Balaban J connectivity index is 2.28. The Kier molecular flexibility index (Phi) is 5.07. The summed E-state index contributed by atoms with van der Waals surface area (Å²) in [6.45, 7) is 1.83. The molecule has 0 atom stereocenters. The molecule has 110 valence electrons. The number of benzene rings is 1. The van der Waals surface area contributed by atoms with Gasteiger partial charge in [0, 0.05) is 13.1 Å². The molecule has 1 aliphatic rings. The van der Waals surface area contributed by atoms with Gasteiger partial charge in [-0.25, -0.2) is 0 Å². The quantitative estimate of drug-likeness (QED) is 0.669. The monoisotopic (exact) mass is 326 g/mol. The molecule has 1 heterocycles. The molecule has 0 aromatic heterocycles. The maximum Gasteiger partial charge on any atom is 0.264 e. The van der Waals surface area contributed by atoms with E-state index in [0.29, 0.717) is 31.9 Å². The van der Waals surface area contributed by atoms with Crippen LogP contribution < -0.4 is 0 Å².